The van der Waals surface area contributed by atoms with Crippen LogP contribution in [0.25, 0.3) is 0 Å². The van der Waals surface area contributed by atoms with Gasteiger partial charge < -0.3 is 9.64 Å². The Kier molecular flexibility index (Phi) is 5.56. The van der Waals surface area contributed by atoms with E-state index in [1.54, 1.807) is 4.90 Å². The number of rotatable bonds is 6. The minimum Gasteiger partial charge on any atom is -0.452 e. The molecule has 26 heavy (non-hydrogen) atoms. The molecule has 0 atom stereocenters. The molecule has 1 fully saturated rings. The van der Waals surface area contributed by atoms with E-state index in [-0.39, 0.29) is 34.8 Å². The monoisotopic (exact) mass is 378 g/mol. The van der Waals surface area contributed by atoms with E-state index in [9.17, 15) is 19.7 Å². The van der Waals surface area contributed by atoms with Gasteiger partial charge in [-0.25, -0.2) is 4.79 Å². The van der Waals surface area contributed by atoms with Crippen molar-refractivity contribution >= 4 is 29.2 Å². The van der Waals surface area contributed by atoms with Crippen LogP contribution in [0.3, 0.4) is 0 Å². The third-order valence-electron chi connectivity index (χ3n) is 4.46. The van der Waals surface area contributed by atoms with Gasteiger partial charge in [-0.15, -0.1) is 0 Å². The number of ether oxygens (including phenoxy) is 1. The molecular weight excluding hydrogens is 360 g/mol. The van der Waals surface area contributed by atoms with Gasteiger partial charge in [0.1, 0.15) is 5.02 Å². The zero-order chi connectivity index (χ0) is 18.7. The summed E-state index contributed by atoms with van der Waals surface area (Å²) in [6.45, 7) is -0.386. The molecule has 3 rings (SSSR count). The summed E-state index contributed by atoms with van der Waals surface area (Å²) in [6.07, 6.45) is 8.00. The molecule has 1 saturated carbocycles. The number of amides is 1. The Hall–Kier alpha value is -2.41. The molecule has 2 aliphatic carbocycles. The second kappa shape index (κ2) is 7.86. The number of nitrogens with zero attached hydrogens (tertiary/aromatic N) is 2. The quantitative estimate of drug-likeness (QED) is 0.426. The average Bonchev–Trinajstić information content (AvgIpc) is 3.46. The maximum absolute atomic E-state index is 12.6. The van der Waals surface area contributed by atoms with Crippen molar-refractivity contribution in [2.45, 2.75) is 44.6 Å². The second-order valence-corrected chi connectivity index (χ2v) is 6.84. The van der Waals surface area contributed by atoms with Crippen LogP contribution in [0.15, 0.2) is 30.0 Å². The fourth-order valence-electron chi connectivity index (χ4n) is 3.03. The first-order chi connectivity index (χ1) is 12.5. The van der Waals surface area contributed by atoms with Crippen LogP contribution in [-0.4, -0.2) is 34.3 Å². The maximum Gasteiger partial charge on any atom is 0.338 e. The minimum atomic E-state index is -0.786. The van der Waals surface area contributed by atoms with E-state index in [1.165, 1.54) is 12.1 Å². The molecule has 1 amide bonds. The molecule has 0 N–H and O–H groups in total. The van der Waals surface area contributed by atoms with Gasteiger partial charge in [0, 0.05) is 17.8 Å². The molecule has 0 heterocycles. The average molecular weight is 379 g/mol. The van der Waals surface area contributed by atoms with Crippen molar-refractivity contribution in [3.05, 3.63) is 50.7 Å². The van der Waals surface area contributed by atoms with Gasteiger partial charge in [0.15, 0.2) is 6.61 Å². The summed E-state index contributed by atoms with van der Waals surface area (Å²) < 4.78 is 5.09. The fraction of sp³-hybridized carbons (Fsp3) is 0.444. The minimum absolute atomic E-state index is 0.0104. The number of hydrogen-bond donors (Lipinski definition) is 0. The summed E-state index contributed by atoms with van der Waals surface area (Å²) in [5.74, 6) is -1.04. The summed E-state index contributed by atoms with van der Waals surface area (Å²) in [6, 6.07) is 3.85. The van der Waals surface area contributed by atoms with Gasteiger partial charge in [0.25, 0.3) is 11.6 Å². The molecule has 0 radical (unpaired) electrons. The van der Waals surface area contributed by atoms with Crippen LogP contribution in [0.5, 0.6) is 0 Å². The van der Waals surface area contributed by atoms with Gasteiger partial charge in [-0.3, -0.25) is 14.9 Å². The standard InChI is InChI=1S/C18H19ClN2O5/c19-15-9-6-12(10-16(15)21(24)25)18(23)26-11-17(22)20(14-7-8-14)13-4-2-1-3-5-13/h4,6,9-10,14H,1-3,5,7-8,11H2. The number of esters is 1. The van der Waals surface area contributed by atoms with Crippen LogP contribution in [0, 0.1) is 10.1 Å². The Morgan fingerprint density at radius 1 is 1.31 bits per heavy atom. The Labute approximate surface area is 155 Å². The van der Waals surface area contributed by atoms with E-state index in [4.69, 9.17) is 16.3 Å². The van der Waals surface area contributed by atoms with Gasteiger partial charge in [-0.05, 0) is 50.7 Å². The highest BCUT2D eigenvalue weighted by atomic mass is 35.5. The molecule has 1 aromatic carbocycles. The smallest absolute Gasteiger partial charge is 0.338 e. The lowest BCUT2D eigenvalue weighted by molar-refractivity contribution is -0.384. The zero-order valence-electron chi connectivity index (χ0n) is 14.2. The van der Waals surface area contributed by atoms with Gasteiger partial charge in [-0.1, -0.05) is 17.7 Å². The molecule has 0 bridgehead atoms. The van der Waals surface area contributed by atoms with Crippen molar-refractivity contribution in [2.24, 2.45) is 0 Å². The Morgan fingerprint density at radius 3 is 2.69 bits per heavy atom. The number of halogens is 1. The Bertz CT molecular complexity index is 773. The van der Waals surface area contributed by atoms with E-state index < -0.39 is 10.9 Å². The van der Waals surface area contributed by atoms with Crippen LogP contribution in [0.1, 0.15) is 48.9 Å². The van der Waals surface area contributed by atoms with E-state index in [1.807, 2.05) is 0 Å². The van der Waals surface area contributed by atoms with Crippen LogP contribution in [-0.2, 0) is 9.53 Å². The molecule has 0 saturated heterocycles. The molecule has 0 aliphatic heterocycles. The largest absolute Gasteiger partial charge is 0.452 e. The van der Waals surface area contributed by atoms with Gasteiger partial charge in [0.05, 0.1) is 10.5 Å². The molecule has 0 unspecified atom stereocenters. The van der Waals surface area contributed by atoms with Gasteiger partial charge in [-0.2, -0.15) is 0 Å². The first-order valence-electron chi connectivity index (χ1n) is 8.59. The number of nitro groups is 1. The van der Waals surface area contributed by atoms with Crippen LogP contribution in [0.4, 0.5) is 5.69 Å². The summed E-state index contributed by atoms with van der Waals surface area (Å²) in [7, 11) is 0. The van der Waals surface area contributed by atoms with E-state index in [0.717, 1.165) is 50.3 Å². The van der Waals surface area contributed by atoms with Crippen molar-refractivity contribution in [3.8, 4) is 0 Å². The zero-order valence-corrected chi connectivity index (χ0v) is 14.9. The highest BCUT2D eigenvalue weighted by Gasteiger charge is 2.35. The molecule has 2 aliphatic rings. The highest BCUT2D eigenvalue weighted by Crippen LogP contribution is 2.33. The van der Waals surface area contributed by atoms with E-state index in [0.29, 0.717) is 0 Å². The van der Waals surface area contributed by atoms with Crippen molar-refractivity contribution in [2.75, 3.05) is 6.61 Å². The van der Waals surface area contributed by atoms with Gasteiger partial charge in [0.2, 0.25) is 0 Å². The number of carbonyl (C=O) groups is 2. The third-order valence-corrected chi connectivity index (χ3v) is 4.78. The molecular formula is C18H19ClN2O5. The van der Waals surface area contributed by atoms with Crippen molar-refractivity contribution in [3.63, 3.8) is 0 Å². The lowest BCUT2D eigenvalue weighted by Crippen LogP contribution is -2.36. The molecule has 138 valence electrons. The first kappa shape index (κ1) is 18.4. The summed E-state index contributed by atoms with van der Waals surface area (Å²) >= 11 is 5.73. The van der Waals surface area contributed by atoms with Crippen LogP contribution >= 0.6 is 11.6 Å². The molecule has 0 aromatic heterocycles. The van der Waals surface area contributed by atoms with Crippen molar-refractivity contribution in [1.29, 1.82) is 0 Å². The lowest BCUT2D eigenvalue weighted by Gasteiger charge is -2.27. The molecule has 7 nitrogen and oxygen atoms in total. The number of allylic oxidation sites excluding steroid dienone is 2. The van der Waals surface area contributed by atoms with E-state index >= 15 is 0 Å². The van der Waals surface area contributed by atoms with Crippen LogP contribution in [0.2, 0.25) is 5.02 Å². The Morgan fingerprint density at radius 2 is 2.08 bits per heavy atom. The van der Waals surface area contributed by atoms with Crippen LogP contribution < -0.4 is 0 Å². The summed E-state index contributed by atoms with van der Waals surface area (Å²) in [4.78, 5) is 36.7. The molecule has 0 spiro atoms. The molecule has 1 aromatic rings. The number of nitro benzene ring substituents is 1. The second-order valence-electron chi connectivity index (χ2n) is 6.44. The Balaban J connectivity index is 1.65. The van der Waals surface area contributed by atoms with Crippen molar-refractivity contribution < 1.29 is 19.2 Å². The van der Waals surface area contributed by atoms with Crippen molar-refractivity contribution in [1.82, 2.24) is 4.90 Å². The maximum atomic E-state index is 12.6. The fourth-order valence-corrected chi connectivity index (χ4v) is 3.22. The lowest BCUT2D eigenvalue weighted by atomic mass is 10.0. The molecule has 8 heteroatoms. The SMILES string of the molecule is O=C(OCC(=O)N(C1=CCCCC1)C1CC1)c1ccc(Cl)c([N+](=O)[O-])c1. The summed E-state index contributed by atoms with van der Waals surface area (Å²) in [5.41, 5.74) is 0.630. The van der Waals surface area contributed by atoms with Gasteiger partial charge >= 0.3 is 5.97 Å². The number of carbonyl (C=O) groups excluding carboxylic acids is 2. The topological polar surface area (TPSA) is 89.8 Å². The predicted molar refractivity (Wildman–Crippen MR) is 94.8 cm³/mol. The third kappa shape index (κ3) is 4.22. The predicted octanol–water partition coefficient (Wildman–Crippen LogP) is 3.85. The normalized spacial score (nSPS) is 16.6. The summed E-state index contributed by atoms with van der Waals surface area (Å²) in [5, 5.41) is 10.8. The highest BCUT2D eigenvalue weighted by molar-refractivity contribution is 6.32. The first-order valence-corrected chi connectivity index (χ1v) is 8.97. The number of benzene rings is 1. The van der Waals surface area contributed by atoms with E-state index in [2.05, 4.69) is 6.08 Å². The number of hydrogen-bond acceptors (Lipinski definition) is 5.